The van der Waals surface area contributed by atoms with E-state index in [0.717, 1.165) is 22.0 Å². The maximum absolute atomic E-state index is 12.5. The van der Waals surface area contributed by atoms with Gasteiger partial charge in [-0.05, 0) is 48.7 Å². The van der Waals surface area contributed by atoms with E-state index in [-0.39, 0.29) is 30.7 Å². The van der Waals surface area contributed by atoms with Crippen molar-refractivity contribution in [3.63, 3.8) is 0 Å². The Labute approximate surface area is 168 Å². The van der Waals surface area contributed by atoms with Gasteiger partial charge in [0.15, 0.2) is 0 Å². The molecule has 0 saturated heterocycles. The van der Waals surface area contributed by atoms with Gasteiger partial charge in [-0.2, -0.15) is 0 Å². The molecule has 0 bridgehead atoms. The van der Waals surface area contributed by atoms with Crippen LogP contribution in [0, 0.1) is 0 Å². The third kappa shape index (κ3) is 3.68. The molecule has 1 aliphatic rings. The molecule has 0 spiro atoms. The number of benzene rings is 2. The number of hydrogen-bond acceptors (Lipinski definition) is 4. The van der Waals surface area contributed by atoms with Crippen LogP contribution in [-0.2, 0) is 23.0 Å². The Balaban J connectivity index is 1.51. The Bertz CT molecular complexity index is 1180. The minimum atomic E-state index is -3.27. The number of carbonyl (C=O) groups is 2. The molecule has 0 saturated carbocycles. The van der Waals surface area contributed by atoms with Gasteiger partial charge in [-0.3, -0.25) is 14.5 Å². The highest BCUT2D eigenvalue weighted by atomic mass is 32.2. The Morgan fingerprint density at radius 2 is 1.72 bits per heavy atom. The van der Waals surface area contributed by atoms with Crippen molar-refractivity contribution in [3.05, 3.63) is 70.9 Å². The van der Waals surface area contributed by atoms with Gasteiger partial charge in [-0.25, -0.2) is 13.1 Å². The molecule has 0 unspecified atom stereocenters. The van der Waals surface area contributed by atoms with Gasteiger partial charge < -0.3 is 4.98 Å². The Kier molecular flexibility index (Phi) is 4.97. The fraction of sp³-hybridized carbons (Fsp3) is 0.238. The highest BCUT2D eigenvalue weighted by Crippen LogP contribution is 2.25. The van der Waals surface area contributed by atoms with Crippen LogP contribution >= 0.6 is 0 Å². The smallest absolute Gasteiger partial charge is 0.261 e. The van der Waals surface area contributed by atoms with Gasteiger partial charge in [0.05, 0.1) is 16.9 Å². The molecule has 2 aromatic carbocycles. The van der Waals surface area contributed by atoms with Crippen LogP contribution in [0.1, 0.15) is 38.8 Å². The summed E-state index contributed by atoms with van der Waals surface area (Å²) in [4.78, 5) is 29.5. The summed E-state index contributed by atoms with van der Waals surface area (Å²) in [6.45, 7) is 2.09. The average Bonchev–Trinajstić information content (AvgIpc) is 3.24. The first-order valence-corrected chi connectivity index (χ1v) is 11.1. The molecular weight excluding hydrogens is 390 g/mol. The molecule has 1 aliphatic heterocycles. The standard InChI is InChI=1S/C21H21N3O4S/c1-2-29(27,28)23-12-14-7-8-19-18(11-14)15(13-22-19)9-10-24-20(25)16-5-3-4-6-17(16)21(24)26/h3-8,11,13,22-23H,2,9-10,12H2,1H3. The minimum absolute atomic E-state index is 0.0327. The number of hydrogen-bond donors (Lipinski definition) is 2. The predicted molar refractivity (Wildman–Crippen MR) is 110 cm³/mol. The molecule has 7 nitrogen and oxygen atoms in total. The maximum atomic E-state index is 12.5. The normalized spacial score (nSPS) is 14.0. The van der Waals surface area contributed by atoms with Gasteiger partial charge in [0.2, 0.25) is 10.0 Å². The lowest BCUT2D eigenvalue weighted by molar-refractivity contribution is 0.0656. The summed E-state index contributed by atoms with van der Waals surface area (Å²) < 4.78 is 25.9. The van der Waals surface area contributed by atoms with Crippen LogP contribution in [0.25, 0.3) is 10.9 Å². The number of carbonyl (C=O) groups excluding carboxylic acids is 2. The van der Waals surface area contributed by atoms with Crippen LogP contribution in [0.15, 0.2) is 48.7 Å². The summed E-state index contributed by atoms with van der Waals surface area (Å²) in [7, 11) is -3.27. The molecule has 29 heavy (non-hydrogen) atoms. The fourth-order valence-corrected chi connectivity index (χ4v) is 4.10. The highest BCUT2D eigenvalue weighted by Gasteiger charge is 2.34. The van der Waals surface area contributed by atoms with Gasteiger partial charge in [0, 0.05) is 30.2 Å². The van der Waals surface area contributed by atoms with Gasteiger partial charge in [0.1, 0.15) is 0 Å². The largest absolute Gasteiger partial charge is 0.361 e. The van der Waals surface area contributed by atoms with E-state index < -0.39 is 10.0 Å². The zero-order valence-electron chi connectivity index (χ0n) is 15.9. The van der Waals surface area contributed by atoms with Crippen molar-refractivity contribution >= 4 is 32.7 Å². The van der Waals surface area contributed by atoms with Crippen LogP contribution in [0.3, 0.4) is 0 Å². The number of imide groups is 1. The Hall–Kier alpha value is -2.97. The molecule has 8 heteroatoms. The van der Waals surface area contributed by atoms with E-state index in [4.69, 9.17) is 0 Å². The SMILES string of the molecule is CCS(=O)(=O)NCc1ccc2[nH]cc(CCN3C(=O)c4ccccc4C3=O)c2c1. The van der Waals surface area contributed by atoms with Gasteiger partial charge in [0.25, 0.3) is 11.8 Å². The highest BCUT2D eigenvalue weighted by molar-refractivity contribution is 7.89. The molecule has 1 aromatic heterocycles. The third-order valence-corrected chi connectivity index (χ3v) is 6.54. The zero-order valence-corrected chi connectivity index (χ0v) is 16.8. The van der Waals surface area contributed by atoms with Crippen LogP contribution < -0.4 is 4.72 Å². The third-order valence-electron chi connectivity index (χ3n) is 5.19. The van der Waals surface area contributed by atoms with E-state index in [1.165, 1.54) is 4.90 Å². The van der Waals surface area contributed by atoms with E-state index >= 15 is 0 Å². The molecule has 150 valence electrons. The summed E-state index contributed by atoms with van der Waals surface area (Å²) in [5, 5.41) is 0.954. The van der Waals surface area contributed by atoms with E-state index in [9.17, 15) is 18.0 Å². The van der Waals surface area contributed by atoms with Crippen molar-refractivity contribution < 1.29 is 18.0 Å². The fourth-order valence-electron chi connectivity index (χ4n) is 3.51. The topological polar surface area (TPSA) is 99.3 Å². The molecule has 0 radical (unpaired) electrons. The molecule has 0 atom stereocenters. The Morgan fingerprint density at radius 1 is 1.03 bits per heavy atom. The number of rotatable bonds is 7. The first-order chi connectivity index (χ1) is 13.9. The zero-order chi connectivity index (χ0) is 20.6. The number of H-pyrrole nitrogens is 1. The second-order valence-electron chi connectivity index (χ2n) is 6.98. The van der Waals surface area contributed by atoms with E-state index in [1.807, 2.05) is 24.4 Å². The summed E-state index contributed by atoms with van der Waals surface area (Å²) in [5.74, 6) is -0.495. The van der Waals surface area contributed by atoms with Crippen molar-refractivity contribution in [2.45, 2.75) is 19.9 Å². The molecule has 3 aromatic rings. The van der Waals surface area contributed by atoms with E-state index in [0.29, 0.717) is 17.5 Å². The van der Waals surface area contributed by atoms with Crippen molar-refractivity contribution in [2.24, 2.45) is 0 Å². The lowest BCUT2D eigenvalue weighted by Gasteiger charge is -2.13. The van der Waals surface area contributed by atoms with Gasteiger partial charge in [-0.15, -0.1) is 0 Å². The number of sulfonamides is 1. The number of aromatic amines is 1. The molecule has 4 rings (SSSR count). The summed E-state index contributed by atoms with van der Waals surface area (Å²) in [6.07, 6.45) is 2.37. The first kappa shape index (κ1) is 19.4. The van der Waals surface area contributed by atoms with Crippen LogP contribution in [-0.4, -0.2) is 42.4 Å². The van der Waals surface area contributed by atoms with Crippen molar-refractivity contribution in [3.8, 4) is 0 Å². The van der Waals surface area contributed by atoms with Gasteiger partial charge in [-0.1, -0.05) is 18.2 Å². The van der Waals surface area contributed by atoms with Crippen LogP contribution in [0.5, 0.6) is 0 Å². The van der Waals surface area contributed by atoms with E-state index in [2.05, 4.69) is 9.71 Å². The minimum Gasteiger partial charge on any atom is -0.361 e. The van der Waals surface area contributed by atoms with Gasteiger partial charge >= 0.3 is 0 Å². The monoisotopic (exact) mass is 411 g/mol. The number of fused-ring (bicyclic) bond motifs is 2. The van der Waals surface area contributed by atoms with Crippen molar-refractivity contribution in [1.29, 1.82) is 0 Å². The summed E-state index contributed by atoms with van der Waals surface area (Å²) in [5.41, 5.74) is 3.63. The number of aromatic nitrogens is 1. The van der Waals surface area contributed by atoms with Crippen molar-refractivity contribution in [2.75, 3.05) is 12.3 Å². The molecule has 0 aliphatic carbocycles. The molecular formula is C21H21N3O4S. The van der Waals surface area contributed by atoms with Crippen LogP contribution in [0.4, 0.5) is 0 Å². The van der Waals surface area contributed by atoms with Crippen LogP contribution in [0.2, 0.25) is 0 Å². The first-order valence-electron chi connectivity index (χ1n) is 9.41. The lowest BCUT2D eigenvalue weighted by atomic mass is 10.1. The Morgan fingerprint density at radius 3 is 2.38 bits per heavy atom. The molecule has 2 amide bonds. The predicted octanol–water partition coefficient (Wildman–Crippen LogP) is 2.45. The summed E-state index contributed by atoms with van der Waals surface area (Å²) in [6, 6.07) is 12.5. The maximum Gasteiger partial charge on any atom is 0.261 e. The average molecular weight is 411 g/mol. The van der Waals surface area contributed by atoms with Crippen molar-refractivity contribution in [1.82, 2.24) is 14.6 Å². The lowest BCUT2D eigenvalue weighted by Crippen LogP contribution is -2.31. The number of nitrogens with one attached hydrogen (secondary N) is 2. The molecule has 0 fully saturated rings. The number of nitrogens with zero attached hydrogens (tertiary/aromatic N) is 1. The molecule has 2 N–H and O–H groups in total. The second kappa shape index (κ2) is 7.46. The quantitative estimate of drug-likeness (QED) is 0.583. The molecule has 2 heterocycles. The van der Waals surface area contributed by atoms with E-state index in [1.54, 1.807) is 31.2 Å². The summed E-state index contributed by atoms with van der Waals surface area (Å²) >= 11 is 0. The number of amides is 2. The second-order valence-corrected chi connectivity index (χ2v) is 9.07.